The summed E-state index contributed by atoms with van der Waals surface area (Å²) in [6.07, 6.45) is -0.878. The Hall–Kier alpha value is -3.07. The molecule has 0 bridgehead atoms. The largest absolute Gasteiger partial charge is 0.491 e. The molecule has 3 rings (SSSR count). The van der Waals surface area contributed by atoms with Crippen molar-refractivity contribution in [1.82, 2.24) is 19.1 Å². The number of hydrogen-bond acceptors (Lipinski definition) is 6. The highest BCUT2D eigenvalue weighted by atomic mass is 16.5. The summed E-state index contributed by atoms with van der Waals surface area (Å²) >= 11 is 0. The molecule has 0 aliphatic carbocycles. The van der Waals surface area contributed by atoms with Crippen LogP contribution in [0.25, 0.3) is 11.2 Å². The molecule has 0 aliphatic heterocycles. The van der Waals surface area contributed by atoms with Crippen LogP contribution < -0.4 is 21.3 Å². The zero-order valence-corrected chi connectivity index (χ0v) is 14.8. The molecule has 1 aromatic carbocycles. The second kappa shape index (κ2) is 7.04. The fraction of sp³-hybridized carbons (Fsp3) is 0.353. The fourth-order valence-corrected chi connectivity index (χ4v) is 2.76. The molecule has 0 radical (unpaired) electrons. The molecule has 0 amide bonds. The van der Waals surface area contributed by atoms with Crippen LogP contribution >= 0.6 is 0 Å². The quantitative estimate of drug-likeness (QED) is 0.580. The van der Waals surface area contributed by atoms with Gasteiger partial charge in [-0.25, -0.2) is 4.79 Å². The van der Waals surface area contributed by atoms with Crippen molar-refractivity contribution in [3.05, 3.63) is 50.7 Å². The first-order valence-electron chi connectivity index (χ1n) is 8.15. The van der Waals surface area contributed by atoms with Crippen molar-refractivity contribution in [1.29, 1.82) is 0 Å². The van der Waals surface area contributed by atoms with Gasteiger partial charge in [0.25, 0.3) is 5.56 Å². The number of anilines is 1. The number of rotatable bonds is 6. The fourth-order valence-electron chi connectivity index (χ4n) is 2.76. The van der Waals surface area contributed by atoms with Crippen molar-refractivity contribution in [3.63, 3.8) is 0 Å². The van der Waals surface area contributed by atoms with E-state index in [1.54, 1.807) is 7.05 Å². The van der Waals surface area contributed by atoms with Gasteiger partial charge in [-0.3, -0.25) is 14.3 Å². The van der Waals surface area contributed by atoms with Crippen LogP contribution in [-0.2, 0) is 13.6 Å². The topological polar surface area (TPSA) is 114 Å². The standard InChI is InChI=1S/C17H21N5O4/c1-10-5-4-6-12(7-10)26-9-11(23)8-22-13-14(19-16(22)18-2)21(3)17(25)20-15(13)24/h4-7,11,23H,8-9H2,1-3H3,(H,18,19)(H,20,24,25)/t11-/m1/s1. The molecule has 26 heavy (non-hydrogen) atoms. The van der Waals surface area contributed by atoms with E-state index in [1.807, 2.05) is 31.2 Å². The van der Waals surface area contributed by atoms with E-state index in [9.17, 15) is 14.7 Å². The predicted octanol–water partition coefficient (Wildman–Crippen LogP) is 0.213. The number of aromatic amines is 1. The Kier molecular flexibility index (Phi) is 4.81. The van der Waals surface area contributed by atoms with Crippen LogP contribution in [0.1, 0.15) is 5.56 Å². The van der Waals surface area contributed by atoms with E-state index >= 15 is 0 Å². The number of nitrogens with one attached hydrogen (secondary N) is 2. The average molecular weight is 359 g/mol. The second-order valence-corrected chi connectivity index (χ2v) is 6.07. The van der Waals surface area contributed by atoms with Gasteiger partial charge in [-0.05, 0) is 24.6 Å². The molecule has 0 fully saturated rings. The summed E-state index contributed by atoms with van der Waals surface area (Å²) in [4.78, 5) is 30.5. The molecule has 0 saturated carbocycles. The van der Waals surface area contributed by atoms with Crippen molar-refractivity contribution >= 4 is 17.1 Å². The molecule has 0 saturated heterocycles. The summed E-state index contributed by atoms with van der Waals surface area (Å²) in [5.74, 6) is 1.04. The number of ether oxygens (including phenoxy) is 1. The van der Waals surface area contributed by atoms with E-state index in [2.05, 4.69) is 15.3 Å². The molecule has 9 nitrogen and oxygen atoms in total. The molecular formula is C17H21N5O4. The van der Waals surface area contributed by atoms with Crippen LogP contribution in [0.3, 0.4) is 0 Å². The van der Waals surface area contributed by atoms with E-state index in [0.29, 0.717) is 11.7 Å². The van der Waals surface area contributed by atoms with Crippen LogP contribution in [0.4, 0.5) is 5.95 Å². The van der Waals surface area contributed by atoms with Crippen LogP contribution in [0.5, 0.6) is 5.75 Å². The molecule has 1 atom stereocenters. The highest BCUT2D eigenvalue weighted by Crippen LogP contribution is 2.16. The van der Waals surface area contributed by atoms with Crippen molar-refractivity contribution in [2.75, 3.05) is 19.0 Å². The SMILES string of the molecule is CNc1nc2c(c(=O)[nH]c(=O)n2C)n1C[C@@H](O)COc1cccc(C)c1. The normalized spacial score (nSPS) is 12.3. The van der Waals surface area contributed by atoms with Gasteiger partial charge in [0.05, 0.1) is 6.54 Å². The predicted molar refractivity (Wildman–Crippen MR) is 97.8 cm³/mol. The third kappa shape index (κ3) is 3.33. The Morgan fingerprint density at radius 1 is 1.38 bits per heavy atom. The summed E-state index contributed by atoms with van der Waals surface area (Å²) in [6, 6.07) is 7.51. The first kappa shape index (κ1) is 17.7. The maximum atomic E-state index is 12.2. The number of aryl methyl sites for hydroxylation is 2. The Bertz CT molecular complexity index is 1050. The van der Waals surface area contributed by atoms with Gasteiger partial charge in [0, 0.05) is 14.1 Å². The maximum absolute atomic E-state index is 12.2. The van der Waals surface area contributed by atoms with E-state index in [0.717, 1.165) is 5.56 Å². The Morgan fingerprint density at radius 3 is 2.85 bits per heavy atom. The highest BCUT2D eigenvalue weighted by molar-refractivity contribution is 5.74. The Labute approximate surface area is 148 Å². The molecular weight excluding hydrogens is 338 g/mol. The van der Waals surface area contributed by atoms with Crippen molar-refractivity contribution in [2.45, 2.75) is 19.6 Å². The van der Waals surface area contributed by atoms with Crippen LogP contribution in [-0.4, -0.2) is 44.0 Å². The van der Waals surface area contributed by atoms with Crippen LogP contribution in [0, 0.1) is 6.92 Å². The first-order chi connectivity index (χ1) is 12.4. The second-order valence-electron chi connectivity index (χ2n) is 6.07. The summed E-state index contributed by atoms with van der Waals surface area (Å²) in [7, 11) is 3.17. The molecule has 0 spiro atoms. The van der Waals surface area contributed by atoms with Gasteiger partial charge in [-0.15, -0.1) is 0 Å². The van der Waals surface area contributed by atoms with Gasteiger partial charge in [0.2, 0.25) is 5.95 Å². The number of aliphatic hydroxyl groups excluding tert-OH is 1. The molecule has 2 heterocycles. The number of aliphatic hydroxyl groups is 1. The summed E-state index contributed by atoms with van der Waals surface area (Å²) in [5.41, 5.74) is 0.422. The minimum Gasteiger partial charge on any atom is -0.491 e. The van der Waals surface area contributed by atoms with Gasteiger partial charge < -0.3 is 19.7 Å². The first-order valence-corrected chi connectivity index (χ1v) is 8.15. The number of H-pyrrole nitrogens is 1. The lowest BCUT2D eigenvalue weighted by Gasteiger charge is -2.15. The van der Waals surface area contributed by atoms with Gasteiger partial charge in [-0.1, -0.05) is 12.1 Å². The van der Waals surface area contributed by atoms with Crippen molar-refractivity contribution in [3.8, 4) is 5.75 Å². The van der Waals surface area contributed by atoms with Gasteiger partial charge >= 0.3 is 5.69 Å². The molecule has 9 heteroatoms. The molecule has 0 aliphatic rings. The molecule has 2 aromatic heterocycles. The van der Waals surface area contributed by atoms with Gasteiger partial charge in [0.15, 0.2) is 11.2 Å². The monoisotopic (exact) mass is 359 g/mol. The average Bonchev–Trinajstić information content (AvgIpc) is 2.97. The molecule has 0 unspecified atom stereocenters. The lowest BCUT2D eigenvalue weighted by Crippen LogP contribution is -2.30. The van der Waals surface area contributed by atoms with E-state index in [1.165, 1.54) is 16.2 Å². The van der Waals surface area contributed by atoms with Crippen molar-refractivity contribution in [2.24, 2.45) is 7.05 Å². The molecule has 3 aromatic rings. The number of hydrogen-bond donors (Lipinski definition) is 3. The number of imidazole rings is 1. The lowest BCUT2D eigenvalue weighted by molar-refractivity contribution is 0.0938. The van der Waals surface area contributed by atoms with Gasteiger partial charge in [0.1, 0.15) is 18.5 Å². The lowest BCUT2D eigenvalue weighted by atomic mass is 10.2. The summed E-state index contributed by atoms with van der Waals surface area (Å²) in [6.45, 7) is 2.09. The number of fused-ring (bicyclic) bond motifs is 1. The Balaban J connectivity index is 1.87. The maximum Gasteiger partial charge on any atom is 0.329 e. The van der Waals surface area contributed by atoms with E-state index in [4.69, 9.17) is 4.74 Å². The molecule has 3 N–H and O–H groups in total. The minimum atomic E-state index is -0.878. The molecule has 138 valence electrons. The van der Waals surface area contributed by atoms with E-state index in [-0.39, 0.29) is 24.3 Å². The van der Waals surface area contributed by atoms with E-state index < -0.39 is 17.4 Å². The van der Waals surface area contributed by atoms with Gasteiger partial charge in [-0.2, -0.15) is 4.98 Å². The zero-order valence-electron chi connectivity index (χ0n) is 14.8. The number of aromatic nitrogens is 4. The van der Waals surface area contributed by atoms with Crippen LogP contribution in [0.15, 0.2) is 33.9 Å². The number of nitrogens with zero attached hydrogens (tertiary/aromatic N) is 3. The third-order valence-corrected chi connectivity index (χ3v) is 4.06. The minimum absolute atomic E-state index is 0.0515. The van der Waals surface area contributed by atoms with Crippen molar-refractivity contribution < 1.29 is 9.84 Å². The smallest absolute Gasteiger partial charge is 0.329 e. The zero-order chi connectivity index (χ0) is 18.8. The summed E-state index contributed by atoms with van der Waals surface area (Å²) < 4.78 is 8.40. The Morgan fingerprint density at radius 2 is 2.15 bits per heavy atom. The van der Waals surface area contributed by atoms with Crippen LogP contribution in [0.2, 0.25) is 0 Å². The highest BCUT2D eigenvalue weighted by Gasteiger charge is 2.19. The number of benzene rings is 1. The summed E-state index contributed by atoms with van der Waals surface area (Å²) in [5, 5.41) is 13.2. The third-order valence-electron chi connectivity index (χ3n) is 4.06.